The molecule has 0 atom stereocenters. The highest BCUT2D eigenvalue weighted by atomic mass is 32.1. The molecule has 0 saturated carbocycles. The predicted octanol–water partition coefficient (Wildman–Crippen LogP) is 0.801. The van der Waals surface area contributed by atoms with Crippen molar-refractivity contribution in [2.45, 2.75) is 26.6 Å². The number of rotatable bonds is 5. The molecule has 102 valence electrons. The minimum Gasteiger partial charge on any atom is -0.359 e. The van der Waals surface area contributed by atoms with E-state index in [0.29, 0.717) is 18.2 Å². The highest BCUT2D eigenvalue weighted by Gasteiger charge is 2.00. The smallest absolute Gasteiger partial charge is 0.166 e. The zero-order chi connectivity index (χ0) is 13.7. The van der Waals surface area contributed by atoms with Crippen LogP contribution in [0, 0.1) is 0 Å². The second kappa shape index (κ2) is 6.33. The summed E-state index contributed by atoms with van der Waals surface area (Å²) in [6, 6.07) is 0. The van der Waals surface area contributed by atoms with Gasteiger partial charge in [0.1, 0.15) is 0 Å². The van der Waals surface area contributed by atoms with Gasteiger partial charge in [0.2, 0.25) is 0 Å². The molecule has 0 fully saturated rings. The molecule has 6 nitrogen and oxygen atoms in total. The van der Waals surface area contributed by atoms with Gasteiger partial charge in [-0.15, -0.1) is 0 Å². The van der Waals surface area contributed by atoms with Crippen LogP contribution in [-0.2, 0) is 26.7 Å². The highest BCUT2D eigenvalue weighted by Crippen LogP contribution is 1.97. The van der Waals surface area contributed by atoms with Crippen molar-refractivity contribution in [2.75, 3.05) is 0 Å². The minimum atomic E-state index is 0.633. The van der Waals surface area contributed by atoms with Gasteiger partial charge in [-0.25, -0.2) is 0 Å². The van der Waals surface area contributed by atoms with E-state index in [1.165, 1.54) is 0 Å². The molecule has 0 spiro atoms. The van der Waals surface area contributed by atoms with Gasteiger partial charge in [-0.3, -0.25) is 9.36 Å². The SMILES string of the molecule is CCn1cc(CNC(=S)NCc2cnn(C)c2)cn1. The van der Waals surface area contributed by atoms with E-state index in [0.717, 1.165) is 17.7 Å². The maximum atomic E-state index is 5.22. The summed E-state index contributed by atoms with van der Waals surface area (Å²) in [7, 11) is 1.89. The fraction of sp³-hybridized carbons (Fsp3) is 0.417. The Morgan fingerprint density at radius 1 is 1.16 bits per heavy atom. The maximum absolute atomic E-state index is 5.22. The summed E-state index contributed by atoms with van der Waals surface area (Å²) in [6.45, 7) is 4.29. The first kappa shape index (κ1) is 13.5. The van der Waals surface area contributed by atoms with Crippen LogP contribution in [0.2, 0.25) is 0 Å². The van der Waals surface area contributed by atoms with Crippen molar-refractivity contribution in [1.29, 1.82) is 0 Å². The van der Waals surface area contributed by atoms with Crippen molar-refractivity contribution in [3.63, 3.8) is 0 Å². The van der Waals surface area contributed by atoms with Crippen LogP contribution < -0.4 is 10.6 Å². The first-order valence-corrected chi connectivity index (χ1v) is 6.58. The molecule has 2 N–H and O–H groups in total. The van der Waals surface area contributed by atoms with Crippen molar-refractivity contribution in [2.24, 2.45) is 7.05 Å². The maximum Gasteiger partial charge on any atom is 0.166 e. The van der Waals surface area contributed by atoms with E-state index in [-0.39, 0.29) is 0 Å². The Kier molecular flexibility index (Phi) is 4.51. The molecule has 0 unspecified atom stereocenters. The van der Waals surface area contributed by atoms with Gasteiger partial charge in [-0.05, 0) is 19.1 Å². The number of thiocarbonyl (C=S) groups is 1. The zero-order valence-corrected chi connectivity index (χ0v) is 11.9. The van der Waals surface area contributed by atoms with Crippen LogP contribution in [0.4, 0.5) is 0 Å². The van der Waals surface area contributed by atoms with Gasteiger partial charge in [0.25, 0.3) is 0 Å². The van der Waals surface area contributed by atoms with E-state index in [9.17, 15) is 0 Å². The standard InChI is InChI=1S/C12H18N6S/c1-3-18-9-11(7-16-18)5-14-12(19)13-4-10-6-15-17(2)8-10/h6-9H,3-5H2,1-2H3,(H2,13,14,19). The first-order valence-electron chi connectivity index (χ1n) is 6.18. The van der Waals surface area contributed by atoms with Crippen LogP contribution in [0.3, 0.4) is 0 Å². The van der Waals surface area contributed by atoms with E-state index in [2.05, 4.69) is 27.8 Å². The number of aryl methyl sites for hydroxylation is 2. The lowest BCUT2D eigenvalue weighted by molar-refractivity contribution is 0.659. The van der Waals surface area contributed by atoms with Crippen LogP contribution >= 0.6 is 12.2 Å². The second-order valence-corrected chi connectivity index (χ2v) is 4.67. The molecule has 0 radical (unpaired) electrons. The molecule has 2 aromatic heterocycles. The topological polar surface area (TPSA) is 59.7 Å². The molecular formula is C12H18N6S. The lowest BCUT2D eigenvalue weighted by atomic mass is 10.3. The van der Waals surface area contributed by atoms with E-state index in [1.807, 2.05) is 36.5 Å². The molecule has 2 heterocycles. The summed E-state index contributed by atoms with van der Waals surface area (Å²) >= 11 is 5.22. The van der Waals surface area contributed by atoms with Crippen LogP contribution in [0.1, 0.15) is 18.1 Å². The van der Waals surface area contributed by atoms with Crippen LogP contribution in [0.5, 0.6) is 0 Å². The Morgan fingerprint density at radius 2 is 1.79 bits per heavy atom. The first-order chi connectivity index (χ1) is 9.17. The quantitative estimate of drug-likeness (QED) is 0.792. The van der Waals surface area contributed by atoms with Crippen molar-refractivity contribution in [1.82, 2.24) is 30.2 Å². The van der Waals surface area contributed by atoms with Crippen molar-refractivity contribution in [3.05, 3.63) is 35.9 Å². The van der Waals surface area contributed by atoms with Gasteiger partial charge in [0, 0.05) is 50.2 Å². The lowest BCUT2D eigenvalue weighted by Crippen LogP contribution is -2.34. The number of hydrogen-bond acceptors (Lipinski definition) is 3. The number of nitrogens with one attached hydrogen (secondary N) is 2. The molecule has 0 aliphatic carbocycles. The van der Waals surface area contributed by atoms with Crippen molar-refractivity contribution >= 4 is 17.3 Å². The molecule has 0 aliphatic heterocycles. The summed E-state index contributed by atoms with van der Waals surface area (Å²) < 4.78 is 3.66. The largest absolute Gasteiger partial charge is 0.359 e. The molecular weight excluding hydrogens is 260 g/mol. The van der Waals surface area contributed by atoms with E-state index >= 15 is 0 Å². The molecule has 0 aromatic carbocycles. The molecule has 0 saturated heterocycles. The second-order valence-electron chi connectivity index (χ2n) is 4.26. The van der Waals surface area contributed by atoms with Gasteiger partial charge >= 0.3 is 0 Å². The molecule has 0 bridgehead atoms. The fourth-order valence-electron chi connectivity index (χ4n) is 1.66. The fourth-order valence-corrected chi connectivity index (χ4v) is 1.81. The zero-order valence-electron chi connectivity index (χ0n) is 11.1. The summed E-state index contributed by atoms with van der Waals surface area (Å²) in [5.41, 5.74) is 2.22. The molecule has 2 rings (SSSR count). The Labute approximate surface area is 117 Å². The van der Waals surface area contributed by atoms with Crippen molar-refractivity contribution < 1.29 is 0 Å². The van der Waals surface area contributed by atoms with E-state index in [1.54, 1.807) is 4.68 Å². The summed E-state index contributed by atoms with van der Waals surface area (Å²) in [4.78, 5) is 0. The average Bonchev–Trinajstić information content (AvgIpc) is 3.02. The summed E-state index contributed by atoms with van der Waals surface area (Å²) in [6.07, 6.45) is 7.64. The van der Waals surface area contributed by atoms with E-state index in [4.69, 9.17) is 12.2 Å². The Morgan fingerprint density at radius 3 is 2.32 bits per heavy atom. The summed E-state index contributed by atoms with van der Waals surface area (Å²) in [5, 5.41) is 15.2. The Hall–Kier alpha value is -1.89. The number of aromatic nitrogens is 4. The van der Waals surface area contributed by atoms with Crippen LogP contribution in [-0.4, -0.2) is 24.7 Å². The third-order valence-electron chi connectivity index (χ3n) is 2.68. The van der Waals surface area contributed by atoms with Crippen molar-refractivity contribution in [3.8, 4) is 0 Å². The van der Waals surface area contributed by atoms with E-state index < -0.39 is 0 Å². The highest BCUT2D eigenvalue weighted by molar-refractivity contribution is 7.80. The monoisotopic (exact) mass is 278 g/mol. The normalized spacial score (nSPS) is 10.4. The average molecular weight is 278 g/mol. The van der Waals surface area contributed by atoms with Gasteiger partial charge in [-0.1, -0.05) is 0 Å². The number of nitrogens with zero attached hydrogens (tertiary/aromatic N) is 4. The molecule has 0 aliphatic rings. The Bertz CT molecular complexity index is 544. The van der Waals surface area contributed by atoms with Gasteiger partial charge < -0.3 is 10.6 Å². The molecule has 0 amide bonds. The minimum absolute atomic E-state index is 0.633. The molecule has 7 heteroatoms. The number of hydrogen-bond donors (Lipinski definition) is 2. The third-order valence-corrected chi connectivity index (χ3v) is 2.96. The van der Waals surface area contributed by atoms with Gasteiger partial charge in [-0.2, -0.15) is 10.2 Å². The Balaban J connectivity index is 1.72. The lowest BCUT2D eigenvalue weighted by Gasteiger charge is -2.08. The summed E-state index contributed by atoms with van der Waals surface area (Å²) in [5.74, 6) is 0. The van der Waals surface area contributed by atoms with Gasteiger partial charge in [0.05, 0.1) is 12.4 Å². The molecule has 19 heavy (non-hydrogen) atoms. The third kappa shape index (κ3) is 4.06. The van der Waals surface area contributed by atoms with Gasteiger partial charge in [0.15, 0.2) is 5.11 Å². The van der Waals surface area contributed by atoms with Crippen LogP contribution in [0.15, 0.2) is 24.8 Å². The molecule has 2 aromatic rings. The van der Waals surface area contributed by atoms with Crippen LogP contribution in [0.25, 0.3) is 0 Å². The predicted molar refractivity (Wildman–Crippen MR) is 77.4 cm³/mol.